The quantitative estimate of drug-likeness (QED) is 0.195. The number of halogens is 1. The van der Waals surface area contributed by atoms with Crippen LogP contribution in [-0.2, 0) is 11.3 Å². The van der Waals surface area contributed by atoms with E-state index in [1.807, 2.05) is 42.7 Å². The minimum absolute atomic E-state index is 0.0377. The molecule has 0 atom stereocenters. The van der Waals surface area contributed by atoms with E-state index in [9.17, 15) is 14.0 Å². The van der Waals surface area contributed by atoms with Crippen LogP contribution in [0.5, 0.6) is 0 Å². The zero-order valence-electron chi connectivity index (χ0n) is 20.9. The van der Waals surface area contributed by atoms with E-state index in [4.69, 9.17) is 0 Å². The number of benzene rings is 4. The summed E-state index contributed by atoms with van der Waals surface area (Å²) < 4.78 is 14.1. The van der Waals surface area contributed by atoms with Gasteiger partial charge in [-0.2, -0.15) is 0 Å². The average Bonchev–Trinajstić information content (AvgIpc) is 3.28. The van der Waals surface area contributed by atoms with Crippen LogP contribution in [0.25, 0.3) is 17.2 Å². The van der Waals surface area contributed by atoms with Crippen LogP contribution in [0, 0.1) is 5.82 Å². The fraction of sp³-hybridized carbons (Fsp3) is 0.0909. The van der Waals surface area contributed by atoms with Gasteiger partial charge in [-0.3, -0.25) is 9.59 Å². The summed E-state index contributed by atoms with van der Waals surface area (Å²) in [4.78, 5) is 26.6. The lowest BCUT2D eigenvalue weighted by Gasteiger charge is -2.09. The Morgan fingerprint density at radius 1 is 0.842 bits per heavy atom. The Bertz CT molecular complexity index is 1540. The van der Waals surface area contributed by atoms with Crippen molar-refractivity contribution < 1.29 is 14.0 Å². The number of rotatable bonds is 8. The third-order valence-electron chi connectivity index (χ3n) is 6.50. The van der Waals surface area contributed by atoms with Gasteiger partial charge in [0.1, 0.15) is 5.82 Å². The number of hydrogen-bond donors (Lipinski definition) is 1. The van der Waals surface area contributed by atoms with Gasteiger partial charge in [0.15, 0.2) is 5.78 Å². The number of amides is 1. The number of nitrogens with one attached hydrogen (secondary N) is 1. The number of fused-ring (bicyclic) bond motifs is 1. The Labute approximate surface area is 226 Å². The van der Waals surface area contributed by atoms with Crippen LogP contribution in [-0.4, -0.2) is 17.9 Å². The Kier molecular flexibility index (Phi) is 7.66. The van der Waals surface area contributed by atoms with Crippen LogP contribution in [0.15, 0.2) is 108 Å². The molecular weight excluding hydrogens is 493 g/mol. The number of carbonyl (C=O) groups is 2. The Morgan fingerprint density at radius 2 is 1.55 bits per heavy atom. The van der Waals surface area contributed by atoms with E-state index in [2.05, 4.69) is 35.7 Å². The summed E-state index contributed by atoms with van der Waals surface area (Å²) in [6, 6.07) is 29.3. The molecule has 1 aliphatic rings. The molecule has 38 heavy (non-hydrogen) atoms. The van der Waals surface area contributed by atoms with Gasteiger partial charge < -0.3 is 5.32 Å². The van der Waals surface area contributed by atoms with Gasteiger partial charge in [0.2, 0.25) is 5.91 Å². The maximum Gasteiger partial charge on any atom is 0.224 e. The molecule has 5 heteroatoms. The maximum atomic E-state index is 14.1. The second-order valence-electron chi connectivity index (χ2n) is 9.08. The molecular formula is C33H26FNO2S. The molecule has 1 N–H and O–H groups in total. The first-order chi connectivity index (χ1) is 18.5. The second kappa shape index (κ2) is 11.4. The monoisotopic (exact) mass is 519 g/mol. The standard InChI is InChI=1S/C33H26FNO2S/c1-38-29-14-9-22(10-15-29)17-26-18-27(31-20-28(34)13-16-30(26)31)19-32(36)35-21-23-7-11-25(12-8-23)33(37)24-5-3-2-4-6-24/h2-18,20H,19,21H2,1H3,(H,35,36). The average molecular weight is 520 g/mol. The minimum Gasteiger partial charge on any atom is -0.352 e. The molecule has 4 aromatic carbocycles. The highest BCUT2D eigenvalue weighted by atomic mass is 32.2. The first-order valence-corrected chi connectivity index (χ1v) is 13.5. The Hall–Kier alpha value is -4.22. The summed E-state index contributed by atoms with van der Waals surface area (Å²) in [6.45, 7) is 0.340. The maximum absolute atomic E-state index is 14.1. The molecule has 0 unspecified atom stereocenters. The molecule has 0 radical (unpaired) electrons. The summed E-state index contributed by atoms with van der Waals surface area (Å²) >= 11 is 1.69. The van der Waals surface area contributed by atoms with E-state index in [1.165, 1.54) is 17.0 Å². The van der Waals surface area contributed by atoms with Crippen molar-refractivity contribution in [3.8, 4) is 0 Å². The first-order valence-electron chi connectivity index (χ1n) is 12.3. The Balaban J connectivity index is 1.26. The van der Waals surface area contributed by atoms with E-state index in [1.54, 1.807) is 42.1 Å². The zero-order valence-corrected chi connectivity index (χ0v) is 21.7. The predicted molar refractivity (Wildman–Crippen MR) is 153 cm³/mol. The molecule has 0 heterocycles. The molecule has 0 saturated carbocycles. The van der Waals surface area contributed by atoms with Crippen molar-refractivity contribution in [1.82, 2.24) is 5.32 Å². The van der Waals surface area contributed by atoms with Crippen LogP contribution in [0.2, 0.25) is 0 Å². The number of hydrogen-bond acceptors (Lipinski definition) is 3. The molecule has 1 aliphatic carbocycles. The van der Waals surface area contributed by atoms with Crippen molar-refractivity contribution in [3.63, 3.8) is 0 Å². The van der Waals surface area contributed by atoms with E-state index in [-0.39, 0.29) is 23.9 Å². The van der Waals surface area contributed by atoms with Gasteiger partial charge in [-0.05, 0) is 76.1 Å². The highest BCUT2D eigenvalue weighted by Gasteiger charge is 2.21. The van der Waals surface area contributed by atoms with Crippen molar-refractivity contribution >= 4 is 40.7 Å². The van der Waals surface area contributed by atoms with Crippen LogP contribution in [0.4, 0.5) is 4.39 Å². The summed E-state index contributed by atoms with van der Waals surface area (Å²) in [6.07, 6.45) is 6.21. The highest BCUT2D eigenvalue weighted by Crippen LogP contribution is 2.38. The molecule has 0 spiro atoms. The van der Waals surface area contributed by atoms with Gasteiger partial charge in [-0.15, -0.1) is 11.8 Å². The molecule has 5 rings (SSSR count). The predicted octanol–water partition coefficient (Wildman–Crippen LogP) is 7.42. The zero-order chi connectivity index (χ0) is 26.5. The molecule has 0 aliphatic heterocycles. The van der Waals surface area contributed by atoms with E-state index >= 15 is 0 Å². The lowest BCUT2D eigenvalue weighted by molar-refractivity contribution is -0.120. The molecule has 1 amide bonds. The number of thioether (sulfide) groups is 1. The molecule has 0 saturated heterocycles. The normalized spacial score (nSPS) is 13.2. The summed E-state index contributed by atoms with van der Waals surface area (Å²) in [5.41, 5.74) is 6.58. The van der Waals surface area contributed by atoms with Crippen LogP contribution >= 0.6 is 11.8 Å². The molecule has 3 nitrogen and oxygen atoms in total. The van der Waals surface area contributed by atoms with Gasteiger partial charge in [0.05, 0.1) is 6.42 Å². The number of ketones is 1. The molecule has 0 aromatic heterocycles. The van der Waals surface area contributed by atoms with Crippen molar-refractivity contribution in [1.29, 1.82) is 0 Å². The summed E-state index contributed by atoms with van der Waals surface area (Å²) in [7, 11) is 0. The van der Waals surface area contributed by atoms with Gasteiger partial charge in [-0.25, -0.2) is 4.39 Å². The highest BCUT2D eigenvalue weighted by molar-refractivity contribution is 7.98. The van der Waals surface area contributed by atoms with Gasteiger partial charge in [0, 0.05) is 22.6 Å². The van der Waals surface area contributed by atoms with Crippen LogP contribution < -0.4 is 5.32 Å². The number of carbonyl (C=O) groups excluding carboxylic acids is 2. The molecule has 188 valence electrons. The molecule has 0 fully saturated rings. The van der Waals surface area contributed by atoms with Crippen molar-refractivity contribution in [2.24, 2.45) is 0 Å². The largest absolute Gasteiger partial charge is 0.352 e. The van der Waals surface area contributed by atoms with E-state index in [0.29, 0.717) is 17.7 Å². The first kappa shape index (κ1) is 25.4. The van der Waals surface area contributed by atoms with Gasteiger partial charge in [-0.1, -0.05) is 72.8 Å². The third kappa shape index (κ3) is 5.84. The molecule has 4 aromatic rings. The summed E-state index contributed by atoms with van der Waals surface area (Å²) in [5, 5.41) is 2.95. The van der Waals surface area contributed by atoms with Crippen molar-refractivity contribution in [3.05, 3.63) is 142 Å². The van der Waals surface area contributed by atoms with Crippen molar-refractivity contribution in [2.45, 2.75) is 17.9 Å². The summed E-state index contributed by atoms with van der Waals surface area (Å²) in [5.74, 6) is -0.517. The Morgan fingerprint density at radius 3 is 2.26 bits per heavy atom. The number of allylic oxidation sites excluding steroid dienone is 2. The smallest absolute Gasteiger partial charge is 0.224 e. The second-order valence-corrected chi connectivity index (χ2v) is 9.96. The van der Waals surface area contributed by atoms with Gasteiger partial charge in [0.25, 0.3) is 0 Å². The van der Waals surface area contributed by atoms with E-state index < -0.39 is 0 Å². The van der Waals surface area contributed by atoms with Gasteiger partial charge >= 0.3 is 0 Å². The third-order valence-corrected chi connectivity index (χ3v) is 7.24. The lowest BCUT2D eigenvalue weighted by atomic mass is 10.0. The van der Waals surface area contributed by atoms with E-state index in [0.717, 1.165) is 33.4 Å². The fourth-order valence-corrected chi connectivity index (χ4v) is 4.90. The van der Waals surface area contributed by atoms with Crippen LogP contribution in [0.3, 0.4) is 0 Å². The topological polar surface area (TPSA) is 46.2 Å². The minimum atomic E-state index is -0.328. The molecule has 0 bridgehead atoms. The SMILES string of the molecule is CSc1ccc(C=C2C=C(CC(=O)NCc3ccc(C(=O)c4ccccc4)cc3)c3cc(F)ccc32)cc1. The lowest BCUT2D eigenvalue weighted by Crippen LogP contribution is -2.22. The van der Waals surface area contributed by atoms with Crippen molar-refractivity contribution in [2.75, 3.05) is 6.26 Å². The van der Waals surface area contributed by atoms with Crippen LogP contribution in [0.1, 0.15) is 44.6 Å². The fourth-order valence-electron chi connectivity index (χ4n) is 4.49.